The molecule has 0 bridgehead atoms. The average Bonchev–Trinajstić information content (AvgIpc) is 3.73. The second kappa shape index (κ2) is 12.9. The number of hydrogen-bond donors (Lipinski definition) is 1. The second-order valence-corrected chi connectivity index (χ2v) is 13.6. The van der Waals surface area contributed by atoms with E-state index in [1.54, 1.807) is 0 Å². The smallest absolute Gasteiger partial charge is 0.222 e. The van der Waals surface area contributed by atoms with Crippen LogP contribution in [-0.4, -0.2) is 84.8 Å². The van der Waals surface area contributed by atoms with E-state index >= 15 is 0 Å². The van der Waals surface area contributed by atoms with Crippen molar-refractivity contribution in [3.05, 3.63) is 65.7 Å². The van der Waals surface area contributed by atoms with Gasteiger partial charge in [-0.1, -0.05) is 78.7 Å². The highest BCUT2D eigenvalue weighted by Crippen LogP contribution is 2.40. The minimum absolute atomic E-state index is 0.200. The topological polar surface area (TPSA) is 96.3 Å². The van der Waals surface area contributed by atoms with Gasteiger partial charge in [0, 0.05) is 61.4 Å². The molecule has 2 amide bonds. The first-order valence-corrected chi connectivity index (χ1v) is 16.9. The lowest BCUT2D eigenvalue weighted by Crippen LogP contribution is -2.49. The van der Waals surface area contributed by atoms with Crippen molar-refractivity contribution >= 4 is 46.2 Å². The summed E-state index contributed by atoms with van der Waals surface area (Å²) in [6.45, 7) is 3.46. The third-order valence-electron chi connectivity index (χ3n) is 9.09. The predicted molar refractivity (Wildman–Crippen MR) is 174 cm³/mol. The van der Waals surface area contributed by atoms with E-state index < -0.39 is 0 Å². The molecule has 2 aromatic carbocycles. The van der Waals surface area contributed by atoms with E-state index in [9.17, 15) is 9.59 Å². The Morgan fingerprint density at radius 1 is 0.932 bits per heavy atom. The molecule has 11 heteroatoms. The molecule has 0 unspecified atom stereocenters. The number of thioether (sulfide) groups is 1. The monoisotopic (exact) mass is 629 g/mol. The maximum Gasteiger partial charge on any atom is 0.222 e. The Bertz CT molecular complexity index is 1640. The van der Waals surface area contributed by atoms with Crippen LogP contribution in [0, 0.1) is 5.92 Å². The highest BCUT2D eigenvalue weighted by molar-refractivity contribution is 8.00. The zero-order chi connectivity index (χ0) is 30.0. The molecule has 3 fully saturated rings. The van der Waals surface area contributed by atoms with Crippen LogP contribution >= 0.6 is 23.4 Å². The fourth-order valence-electron chi connectivity index (χ4n) is 6.70. The Kier molecular flexibility index (Phi) is 8.56. The number of piperazine rings is 1. The third kappa shape index (κ3) is 5.95. The van der Waals surface area contributed by atoms with Gasteiger partial charge in [-0.2, -0.15) is 16.9 Å². The number of nitrogens with one attached hydrogen (secondary N) is 1. The van der Waals surface area contributed by atoms with E-state index in [0.29, 0.717) is 66.2 Å². The number of unbranched alkanes of at least 4 members (excludes halogenated alkanes) is 1. The number of halogens is 1. The zero-order valence-electron chi connectivity index (χ0n) is 24.6. The molecule has 3 aliphatic rings. The van der Waals surface area contributed by atoms with Crippen LogP contribution in [0.4, 0.5) is 0 Å². The Labute approximate surface area is 266 Å². The molecule has 9 nitrogen and oxygen atoms in total. The summed E-state index contributed by atoms with van der Waals surface area (Å²) in [6, 6.07) is 20.2. The van der Waals surface area contributed by atoms with E-state index in [4.69, 9.17) is 16.7 Å². The van der Waals surface area contributed by atoms with Gasteiger partial charge in [-0.3, -0.25) is 14.5 Å². The molecule has 3 atom stereocenters. The van der Waals surface area contributed by atoms with Gasteiger partial charge < -0.3 is 10.2 Å². The number of carbonyl (C=O) groups is 2. The number of nitrogens with zero attached hydrogens (tertiary/aromatic N) is 6. The maximum absolute atomic E-state index is 13.0. The lowest BCUT2D eigenvalue weighted by atomic mass is 9.97. The Morgan fingerprint density at radius 2 is 1.64 bits per heavy atom. The first-order valence-electron chi connectivity index (χ1n) is 15.5. The lowest BCUT2D eigenvalue weighted by molar-refractivity contribution is -0.133. The average molecular weight is 630 g/mol. The quantitative estimate of drug-likeness (QED) is 0.258. The highest BCUT2D eigenvalue weighted by Gasteiger charge is 2.42. The fourth-order valence-corrected chi connectivity index (χ4v) is 8.67. The van der Waals surface area contributed by atoms with Gasteiger partial charge in [-0.25, -0.2) is 4.68 Å². The van der Waals surface area contributed by atoms with Gasteiger partial charge in [0.1, 0.15) is 11.4 Å². The molecular weight excluding hydrogens is 594 g/mol. The van der Waals surface area contributed by atoms with Crippen LogP contribution in [0.5, 0.6) is 0 Å². The number of aromatic nitrogens is 4. The largest absolute Gasteiger partial charge is 0.352 e. The Hall–Kier alpha value is -3.47. The van der Waals surface area contributed by atoms with Crippen molar-refractivity contribution in [1.82, 2.24) is 35.1 Å². The molecule has 0 saturated carbocycles. The predicted octanol–water partition coefficient (Wildman–Crippen LogP) is 5.10. The van der Waals surface area contributed by atoms with Crippen LogP contribution in [0.2, 0.25) is 5.02 Å². The number of benzene rings is 2. The summed E-state index contributed by atoms with van der Waals surface area (Å²) >= 11 is 9.02. The summed E-state index contributed by atoms with van der Waals surface area (Å²) in [5.74, 6) is 2.01. The Morgan fingerprint density at radius 3 is 2.36 bits per heavy atom. The summed E-state index contributed by atoms with van der Waals surface area (Å²) in [5, 5.41) is 19.1. The molecule has 0 radical (unpaired) electrons. The molecule has 7 rings (SSSR count). The second-order valence-electron chi connectivity index (χ2n) is 12.0. The molecular formula is C33H36ClN7O2S. The SMILES string of the molecule is O=C1C[C@H]2CS[C@@H](CCCCC(=O)N3CCN(Cn4nc(-c5ccccc5)c5c(Cl)c(-c6ccccc6)nnc54)CC3)[C@H]2N1. The van der Waals surface area contributed by atoms with E-state index in [2.05, 4.69) is 20.4 Å². The highest BCUT2D eigenvalue weighted by atomic mass is 35.5. The van der Waals surface area contributed by atoms with E-state index in [-0.39, 0.29) is 11.8 Å². The normalized spacial score (nSPS) is 22.0. The number of amides is 2. The standard InChI is InChI=1S/C33H36ClN7O2S/c34-29-28-31(22-9-3-1-4-10-22)38-41(33(28)37-36-32(29)23-11-5-2-6-12-23)21-39-15-17-40(18-16-39)27(43)14-8-7-13-25-30-24(20-44-25)19-26(42)35-30/h1-6,9-12,24-25,30H,7-8,13-21H2,(H,35,42)/t24-,25-,30-/m0/s1. The first-order chi connectivity index (χ1) is 21.5. The minimum Gasteiger partial charge on any atom is -0.352 e. The van der Waals surface area contributed by atoms with Gasteiger partial charge >= 0.3 is 0 Å². The molecule has 44 heavy (non-hydrogen) atoms. The van der Waals surface area contributed by atoms with Crippen LogP contribution in [0.3, 0.4) is 0 Å². The summed E-state index contributed by atoms with van der Waals surface area (Å²) < 4.78 is 1.89. The van der Waals surface area contributed by atoms with Crippen molar-refractivity contribution in [2.24, 2.45) is 5.92 Å². The molecule has 5 heterocycles. The van der Waals surface area contributed by atoms with Gasteiger partial charge in [-0.05, 0) is 24.5 Å². The number of carbonyl (C=O) groups excluding carboxylic acids is 2. The maximum atomic E-state index is 13.0. The van der Waals surface area contributed by atoms with E-state index in [1.165, 1.54) is 0 Å². The first kappa shape index (κ1) is 29.3. The lowest BCUT2D eigenvalue weighted by Gasteiger charge is -2.34. The number of fused-ring (bicyclic) bond motifs is 2. The van der Waals surface area contributed by atoms with Crippen molar-refractivity contribution in [3.8, 4) is 22.5 Å². The van der Waals surface area contributed by atoms with Gasteiger partial charge in [0.05, 0.1) is 17.1 Å². The van der Waals surface area contributed by atoms with Crippen molar-refractivity contribution in [1.29, 1.82) is 0 Å². The summed E-state index contributed by atoms with van der Waals surface area (Å²) in [4.78, 5) is 29.0. The van der Waals surface area contributed by atoms with E-state index in [1.807, 2.05) is 82.0 Å². The van der Waals surface area contributed by atoms with Crippen LogP contribution in [0.15, 0.2) is 60.7 Å². The minimum atomic E-state index is 0.200. The van der Waals surface area contributed by atoms with Crippen molar-refractivity contribution in [2.75, 3.05) is 31.9 Å². The summed E-state index contributed by atoms with van der Waals surface area (Å²) in [7, 11) is 0. The van der Waals surface area contributed by atoms with Crippen LogP contribution in [0.25, 0.3) is 33.5 Å². The van der Waals surface area contributed by atoms with Gasteiger partial charge in [0.25, 0.3) is 0 Å². The molecule has 4 aromatic rings. The van der Waals surface area contributed by atoms with Crippen LogP contribution in [0.1, 0.15) is 32.1 Å². The zero-order valence-corrected chi connectivity index (χ0v) is 26.1. The summed E-state index contributed by atoms with van der Waals surface area (Å²) in [5.41, 5.74) is 3.96. The molecule has 0 spiro atoms. The molecule has 2 aromatic heterocycles. The van der Waals surface area contributed by atoms with E-state index in [0.717, 1.165) is 60.3 Å². The Balaban J connectivity index is 0.979. The van der Waals surface area contributed by atoms with Crippen LogP contribution < -0.4 is 5.32 Å². The molecule has 0 aliphatic carbocycles. The number of rotatable bonds is 9. The molecule has 3 aliphatic heterocycles. The number of hydrogen-bond acceptors (Lipinski definition) is 7. The third-order valence-corrected chi connectivity index (χ3v) is 11.0. The molecule has 1 N–H and O–H groups in total. The van der Waals surface area contributed by atoms with Gasteiger partial charge in [-0.15, -0.1) is 10.2 Å². The van der Waals surface area contributed by atoms with Crippen molar-refractivity contribution < 1.29 is 9.59 Å². The summed E-state index contributed by atoms with van der Waals surface area (Å²) in [6.07, 6.45) is 4.25. The van der Waals surface area contributed by atoms with Gasteiger partial charge in [0.2, 0.25) is 11.8 Å². The van der Waals surface area contributed by atoms with Crippen molar-refractivity contribution in [2.45, 2.75) is 50.1 Å². The van der Waals surface area contributed by atoms with Gasteiger partial charge in [0.15, 0.2) is 5.65 Å². The van der Waals surface area contributed by atoms with Crippen LogP contribution in [-0.2, 0) is 16.3 Å². The fraction of sp³-hybridized carbons (Fsp3) is 0.424. The molecule has 3 saturated heterocycles. The van der Waals surface area contributed by atoms with Crippen molar-refractivity contribution in [3.63, 3.8) is 0 Å². The molecule has 228 valence electrons.